The molecule has 3 rings (SSSR count). The number of hydrogen-bond acceptors (Lipinski definition) is 5. The van der Waals surface area contributed by atoms with Crippen LogP contribution in [0.4, 0.5) is 0 Å². The number of carbonyl (C=O) groups excluding carboxylic acids is 1. The van der Waals surface area contributed by atoms with Gasteiger partial charge in [-0.2, -0.15) is 0 Å². The van der Waals surface area contributed by atoms with E-state index in [9.17, 15) is 4.79 Å². The predicted octanol–water partition coefficient (Wildman–Crippen LogP) is 4.55. The van der Waals surface area contributed by atoms with Crippen LogP contribution in [0.25, 0.3) is 0 Å². The minimum absolute atomic E-state index is 0.116. The summed E-state index contributed by atoms with van der Waals surface area (Å²) in [6, 6.07) is 15.1. The Hall–Kier alpha value is -1.94. The van der Waals surface area contributed by atoms with Crippen LogP contribution in [-0.2, 0) is 5.75 Å². The number of benzene rings is 2. The molecule has 0 aliphatic carbocycles. The quantitative estimate of drug-likeness (QED) is 0.399. The Morgan fingerprint density at radius 2 is 2.00 bits per heavy atom. The van der Waals surface area contributed by atoms with Crippen molar-refractivity contribution in [2.45, 2.75) is 17.8 Å². The smallest absolute Gasteiger partial charge is 0.259 e. The van der Waals surface area contributed by atoms with Gasteiger partial charge in [-0.3, -0.25) is 15.5 Å². The molecule has 2 aromatic carbocycles. The molecule has 0 spiro atoms. The fourth-order valence-electron chi connectivity index (χ4n) is 2.26. The molecule has 0 saturated carbocycles. The summed E-state index contributed by atoms with van der Waals surface area (Å²) >= 11 is 16.2. The van der Waals surface area contributed by atoms with Crippen LogP contribution in [0, 0.1) is 6.92 Å². The van der Waals surface area contributed by atoms with Crippen molar-refractivity contribution < 1.29 is 4.79 Å². The highest BCUT2D eigenvalue weighted by Gasteiger charge is 2.15. The summed E-state index contributed by atoms with van der Waals surface area (Å²) in [4.78, 5) is 12.4. The van der Waals surface area contributed by atoms with Crippen molar-refractivity contribution in [2.75, 3.05) is 5.43 Å². The molecule has 2 N–H and O–H groups in total. The Morgan fingerprint density at radius 1 is 1.25 bits per heavy atom. The average molecular weight is 497 g/mol. The van der Waals surface area contributed by atoms with Crippen LogP contribution < -0.4 is 10.7 Å². The number of nitrogens with zero attached hydrogens (tertiary/aromatic N) is 3. The van der Waals surface area contributed by atoms with Crippen molar-refractivity contribution in [3.8, 4) is 0 Å². The molecule has 0 bridgehead atoms. The second-order valence-corrected chi connectivity index (χ2v) is 8.33. The Bertz CT molecular complexity index is 1010. The summed E-state index contributed by atoms with van der Waals surface area (Å²) in [6.07, 6.45) is 0. The fourth-order valence-corrected chi connectivity index (χ4v) is 3.90. The number of carbonyl (C=O) groups is 1. The van der Waals surface area contributed by atoms with Crippen LogP contribution in [-0.4, -0.2) is 25.9 Å². The maximum absolute atomic E-state index is 12.4. The molecule has 0 unspecified atom stereocenters. The molecule has 0 radical (unpaired) electrons. The first kappa shape index (κ1) is 20.8. The van der Waals surface area contributed by atoms with Crippen molar-refractivity contribution in [1.29, 1.82) is 0 Å². The van der Waals surface area contributed by atoms with Gasteiger partial charge in [0.25, 0.3) is 5.91 Å². The monoisotopic (exact) mass is 495 g/mol. The standard InChI is InChI=1S/C18H15BrClN5OS2/c1-11-22-23-18(28-10-12-5-3-2-4-6-12)25(11)24-17(27)21-16(26)14-9-13(19)7-8-15(14)20/h2-9H,10H2,1H3,(H2,21,24,26,27). The SMILES string of the molecule is Cc1nnc(SCc2ccccc2)n1NC(=S)NC(=O)c1cc(Br)ccc1Cl. The van der Waals surface area contributed by atoms with Gasteiger partial charge in [0.15, 0.2) is 5.11 Å². The molecular formula is C18H15BrClN5OS2. The number of thiocarbonyl (C=S) groups is 1. The van der Waals surface area contributed by atoms with Crippen molar-refractivity contribution in [2.24, 2.45) is 0 Å². The van der Waals surface area contributed by atoms with Gasteiger partial charge in [-0.1, -0.05) is 69.6 Å². The molecule has 144 valence electrons. The molecule has 0 atom stereocenters. The summed E-state index contributed by atoms with van der Waals surface area (Å²) in [5.74, 6) is 0.939. The van der Waals surface area contributed by atoms with Gasteiger partial charge in [0.2, 0.25) is 5.16 Å². The van der Waals surface area contributed by atoms with Crippen LogP contribution in [0.5, 0.6) is 0 Å². The maximum Gasteiger partial charge on any atom is 0.259 e. The molecule has 0 aliphatic rings. The van der Waals surface area contributed by atoms with Gasteiger partial charge in [-0.25, -0.2) is 4.68 Å². The molecule has 1 amide bonds. The van der Waals surface area contributed by atoms with E-state index in [0.717, 1.165) is 10.2 Å². The van der Waals surface area contributed by atoms with Gasteiger partial charge in [0, 0.05) is 10.2 Å². The van der Waals surface area contributed by atoms with E-state index in [1.54, 1.807) is 29.8 Å². The second-order valence-electron chi connectivity index (χ2n) is 5.66. The lowest BCUT2D eigenvalue weighted by molar-refractivity contribution is 0.0977. The third kappa shape index (κ3) is 5.32. The minimum Gasteiger partial charge on any atom is -0.298 e. The van der Waals surface area contributed by atoms with Crippen molar-refractivity contribution >= 4 is 62.5 Å². The fraction of sp³-hybridized carbons (Fsp3) is 0.111. The van der Waals surface area contributed by atoms with Crippen LogP contribution in [0.15, 0.2) is 58.2 Å². The normalized spacial score (nSPS) is 10.5. The highest BCUT2D eigenvalue weighted by molar-refractivity contribution is 9.10. The highest BCUT2D eigenvalue weighted by atomic mass is 79.9. The van der Waals surface area contributed by atoms with E-state index in [1.807, 2.05) is 30.3 Å². The molecule has 0 saturated heterocycles. The van der Waals surface area contributed by atoms with E-state index < -0.39 is 5.91 Å². The van der Waals surface area contributed by atoms with E-state index >= 15 is 0 Å². The molecule has 3 aromatic rings. The first-order valence-electron chi connectivity index (χ1n) is 8.10. The summed E-state index contributed by atoms with van der Waals surface area (Å²) in [6.45, 7) is 1.79. The largest absolute Gasteiger partial charge is 0.298 e. The van der Waals surface area contributed by atoms with Crippen LogP contribution >= 0.6 is 51.5 Å². The molecule has 0 fully saturated rings. The van der Waals surface area contributed by atoms with E-state index in [4.69, 9.17) is 23.8 Å². The number of halogens is 2. The second kappa shape index (κ2) is 9.51. The van der Waals surface area contributed by atoms with Crippen LogP contribution in [0.3, 0.4) is 0 Å². The lowest BCUT2D eigenvalue weighted by Crippen LogP contribution is -2.38. The number of aryl methyl sites for hydroxylation is 1. The van der Waals surface area contributed by atoms with Gasteiger partial charge < -0.3 is 0 Å². The Kier molecular flexibility index (Phi) is 7.06. The van der Waals surface area contributed by atoms with Gasteiger partial charge in [0.05, 0.1) is 10.6 Å². The Balaban J connectivity index is 1.66. The zero-order valence-corrected chi connectivity index (χ0v) is 18.6. The highest BCUT2D eigenvalue weighted by Crippen LogP contribution is 2.22. The van der Waals surface area contributed by atoms with E-state index in [2.05, 4.69) is 36.9 Å². The van der Waals surface area contributed by atoms with Gasteiger partial charge in [-0.05, 0) is 42.9 Å². The third-order valence-electron chi connectivity index (χ3n) is 3.62. The van der Waals surface area contributed by atoms with Gasteiger partial charge in [0.1, 0.15) is 5.82 Å². The predicted molar refractivity (Wildman–Crippen MR) is 119 cm³/mol. The molecule has 10 heteroatoms. The number of rotatable bonds is 5. The number of amides is 1. The maximum atomic E-state index is 12.4. The van der Waals surface area contributed by atoms with Crippen molar-refractivity contribution in [3.05, 3.63) is 75.0 Å². The number of aromatic nitrogens is 3. The van der Waals surface area contributed by atoms with E-state index in [-0.39, 0.29) is 5.11 Å². The minimum atomic E-state index is -0.409. The topological polar surface area (TPSA) is 71.8 Å². The van der Waals surface area contributed by atoms with Crippen LogP contribution in [0.1, 0.15) is 21.7 Å². The summed E-state index contributed by atoms with van der Waals surface area (Å²) < 4.78 is 2.38. The zero-order chi connectivity index (χ0) is 20.1. The summed E-state index contributed by atoms with van der Waals surface area (Å²) in [5, 5.41) is 11.9. The Morgan fingerprint density at radius 3 is 2.75 bits per heavy atom. The average Bonchev–Trinajstić information content (AvgIpc) is 3.02. The molecule has 6 nitrogen and oxygen atoms in total. The molecule has 0 aliphatic heterocycles. The molecule has 1 heterocycles. The first-order chi connectivity index (χ1) is 13.4. The van der Waals surface area contributed by atoms with E-state index in [1.165, 1.54) is 17.3 Å². The van der Waals surface area contributed by atoms with Crippen molar-refractivity contribution in [3.63, 3.8) is 0 Å². The molecule has 28 heavy (non-hydrogen) atoms. The number of thioether (sulfide) groups is 1. The molecule has 1 aromatic heterocycles. The zero-order valence-electron chi connectivity index (χ0n) is 14.6. The van der Waals surface area contributed by atoms with E-state index in [0.29, 0.717) is 21.6 Å². The summed E-state index contributed by atoms with van der Waals surface area (Å²) in [5.41, 5.74) is 4.43. The number of hydrogen-bond donors (Lipinski definition) is 2. The lowest BCUT2D eigenvalue weighted by atomic mass is 10.2. The Labute approximate surface area is 185 Å². The summed E-state index contributed by atoms with van der Waals surface area (Å²) in [7, 11) is 0. The number of nitrogens with one attached hydrogen (secondary N) is 2. The van der Waals surface area contributed by atoms with Crippen molar-refractivity contribution in [1.82, 2.24) is 20.2 Å². The molecular weight excluding hydrogens is 482 g/mol. The lowest BCUT2D eigenvalue weighted by Gasteiger charge is -2.13. The van der Waals surface area contributed by atoms with Gasteiger partial charge >= 0.3 is 0 Å². The van der Waals surface area contributed by atoms with Crippen LogP contribution in [0.2, 0.25) is 5.02 Å². The van der Waals surface area contributed by atoms with Gasteiger partial charge in [-0.15, -0.1) is 10.2 Å². The first-order valence-corrected chi connectivity index (χ1v) is 10.7. The third-order valence-corrected chi connectivity index (χ3v) is 5.64.